The van der Waals surface area contributed by atoms with Crippen LogP contribution in [-0.2, 0) is 10.0 Å². The van der Waals surface area contributed by atoms with Gasteiger partial charge in [0.25, 0.3) is 5.91 Å². The third-order valence-electron chi connectivity index (χ3n) is 4.72. The standard InChI is InChI=1S/C20H18ClN3O3S2/c21-16-8-6-15(7-9-16)19-22-18(14-28-19)20(25)23-10-12-24(13-11-23)29(26,27)17-4-2-1-3-5-17/h1-9,14H,10-13H2. The van der Waals surface area contributed by atoms with E-state index in [2.05, 4.69) is 4.98 Å². The molecule has 0 aliphatic carbocycles. The summed E-state index contributed by atoms with van der Waals surface area (Å²) in [4.78, 5) is 19.2. The largest absolute Gasteiger partial charge is 0.335 e. The number of thiazole rings is 1. The number of nitrogens with zero attached hydrogens (tertiary/aromatic N) is 3. The molecule has 1 aliphatic rings. The predicted octanol–water partition coefficient (Wildman–Crippen LogP) is 3.61. The van der Waals surface area contributed by atoms with E-state index in [0.717, 1.165) is 10.6 Å². The van der Waals surface area contributed by atoms with Crippen molar-refractivity contribution < 1.29 is 13.2 Å². The zero-order valence-electron chi connectivity index (χ0n) is 15.4. The predicted molar refractivity (Wildman–Crippen MR) is 114 cm³/mol. The lowest BCUT2D eigenvalue weighted by molar-refractivity contribution is 0.0693. The molecule has 0 radical (unpaired) electrons. The highest BCUT2D eigenvalue weighted by atomic mass is 35.5. The van der Waals surface area contributed by atoms with Crippen LogP contribution in [0.15, 0.2) is 64.9 Å². The number of hydrogen-bond donors (Lipinski definition) is 0. The Labute approximate surface area is 178 Å². The molecule has 150 valence electrons. The Hall–Kier alpha value is -2.26. The van der Waals surface area contributed by atoms with Gasteiger partial charge in [-0.15, -0.1) is 11.3 Å². The van der Waals surface area contributed by atoms with Crippen LogP contribution in [0.5, 0.6) is 0 Å². The number of sulfonamides is 1. The van der Waals surface area contributed by atoms with E-state index in [1.165, 1.54) is 15.6 Å². The normalized spacial score (nSPS) is 15.4. The van der Waals surface area contributed by atoms with Crippen LogP contribution in [-0.4, -0.2) is 54.7 Å². The number of benzene rings is 2. The zero-order valence-corrected chi connectivity index (χ0v) is 17.8. The van der Waals surface area contributed by atoms with E-state index in [1.807, 2.05) is 12.1 Å². The van der Waals surface area contributed by atoms with Crippen LogP contribution in [0.1, 0.15) is 10.5 Å². The van der Waals surface area contributed by atoms with Crippen LogP contribution in [0, 0.1) is 0 Å². The molecule has 2 heterocycles. The summed E-state index contributed by atoms with van der Waals surface area (Å²) in [6, 6.07) is 15.6. The van der Waals surface area contributed by atoms with Crippen LogP contribution < -0.4 is 0 Å². The van der Waals surface area contributed by atoms with E-state index >= 15 is 0 Å². The maximum atomic E-state index is 12.8. The fraction of sp³-hybridized carbons (Fsp3) is 0.200. The second-order valence-corrected chi connectivity index (χ2v) is 9.79. The molecule has 0 bridgehead atoms. The second kappa shape index (κ2) is 8.23. The van der Waals surface area contributed by atoms with Crippen molar-refractivity contribution >= 4 is 38.9 Å². The summed E-state index contributed by atoms with van der Waals surface area (Å²) < 4.78 is 26.9. The number of piperazine rings is 1. The summed E-state index contributed by atoms with van der Waals surface area (Å²) in [5.74, 6) is -0.182. The first-order chi connectivity index (χ1) is 13.9. The van der Waals surface area contributed by atoms with Gasteiger partial charge in [-0.25, -0.2) is 13.4 Å². The Bertz CT molecular complexity index is 1110. The Kier molecular flexibility index (Phi) is 5.69. The van der Waals surface area contributed by atoms with Crippen molar-refractivity contribution in [2.75, 3.05) is 26.2 Å². The summed E-state index contributed by atoms with van der Waals surface area (Å²) in [6.07, 6.45) is 0. The highest BCUT2D eigenvalue weighted by Crippen LogP contribution is 2.26. The fourth-order valence-electron chi connectivity index (χ4n) is 3.13. The van der Waals surface area contributed by atoms with Gasteiger partial charge in [0.05, 0.1) is 4.90 Å². The molecule has 0 unspecified atom stereocenters. The molecule has 1 aromatic heterocycles. The first-order valence-electron chi connectivity index (χ1n) is 9.01. The molecule has 0 spiro atoms. The van der Waals surface area contributed by atoms with Gasteiger partial charge in [0.1, 0.15) is 10.7 Å². The lowest BCUT2D eigenvalue weighted by Gasteiger charge is -2.33. The van der Waals surface area contributed by atoms with E-state index in [1.54, 1.807) is 52.7 Å². The Balaban J connectivity index is 1.43. The van der Waals surface area contributed by atoms with Crippen LogP contribution in [0.3, 0.4) is 0 Å². The fourth-order valence-corrected chi connectivity index (χ4v) is 5.50. The molecule has 4 rings (SSSR count). The minimum Gasteiger partial charge on any atom is -0.335 e. The molecule has 29 heavy (non-hydrogen) atoms. The molecule has 1 fully saturated rings. The Morgan fingerprint density at radius 2 is 1.62 bits per heavy atom. The Morgan fingerprint density at radius 3 is 2.28 bits per heavy atom. The summed E-state index contributed by atoms with van der Waals surface area (Å²) in [5, 5.41) is 3.12. The van der Waals surface area contributed by atoms with Gasteiger partial charge >= 0.3 is 0 Å². The van der Waals surface area contributed by atoms with E-state index in [4.69, 9.17) is 11.6 Å². The molecule has 3 aromatic rings. The lowest BCUT2D eigenvalue weighted by atomic mass is 10.2. The van der Waals surface area contributed by atoms with E-state index in [-0.39, 0.29) is 23.9 Å². The molecule has 0 atom stereocenters. The van der Waals surface area contributed by atoms with Crippen molar-refractivity contribution in [3.05, 3.63) is 70.7 Å². The van der Waals surface area contributed by atoms with E-state index < -0.39 is 10.0 Å². The van der Waals surface area contributed by atoms with Gasteiger partial charge in [0.2, 0.25) is 10.0 Å². The van der Waals surface area contributed by atoms with Crippen LogP contribution in [0.25, 0.3) is 10.6 Å². The maximum Gasteiger partial charge on any atom is 0.273 e. The molecule has 6 nitrogen and oxygen atoms in total. The van der Waals surface area contributed by atoms with Crippen LogP contribution in [0.2, 0.25) is 5.02 Å². The van der Waals surface area contributed by atoms with Crippen molar-refractivity contribution in [1.29, 1.82) is 0 Å². The third kappa shape index (κ3) is 4.20. The van der Waals surface area contributed by atoms with Crippen molar-refractivity contribution in [2.24, 2.45) is 0 Å². The highest BCUT2D eigenvalue weighted by Gasteiger charge is 2.31. The molecule has 9 heteroatoms. The van der Waals surface area contributed by atoms with Crippen molar-refractivity contribution in [1.82, 2.24) is 14.2 Å². The number of hydrogen-bond acceptors (Lipinski definition) is 5. The molecular weight excluding hydrogens is 430 g/mol. The summed E-state index contributed by atoms with van der Waals surface area (Å²) >= 11 is 7.31. The number of carbonyl (C=O) groups excluding carboxylic acids is 1. The molecule has 2 aromatic carbocycles. The minimum absolute atomic E-state index is 0.182. The number of amides is 1. The highest BCUT2D eigenvalue weighted by molar-refractivity contribution is 7.89. The van der Waals surface area contributed by atoms with E-state index in [0.29, 0.717) is 23.8 Å². The average molecular weight is 448 g/mol. The topological polar surface area (TPSA) is 70.6 Å². The van der Waals surface area contributed by atoms with Crippen LogP contribution in [0.4, 0.5) is 0 Å². The summed E-state index contributed by atoms with van der Waals surface area (Å²) in [6.45, 7) is 1.19. The number of halogens is 1. The number of rotatable bonds is 4. The summed E-state index contributed by atoms with van der Waals surface area (Å²) in [5.41, 5.74) is 1.27. The monoisotopic (exact) mass is 447 g/mol. The van der Waals surface area contributed by atoms with Gasteiger partial charge in [-0.3, -0.25) is 4.79 Å². The third-order valence-corrected chi connectivity index (χ3v) is 7.78. The Morgan fingerprint density at radius 1 is 0.966 bits per heavy atom. The minimum atomic E-state index is -3.54. The lowest BCUT2D eigenvalue weighted by Crippen LogP contribution is -2.50. The van der Waals surface area contributed by atoms with Crippen molar-refractivity contribution in [3.63, 3.8) is 0 Å². The van der Waals surface area contributed by atoms with Crippen molar-refractivity contribution in [2.45, 2.75) is 4.90 Å². The summed E-state index contributed by atoms with van der Waals surface area (Å²) in [7, 11) is -3.54. The van der Waals surface area contributed by atoms with Crippen molar-refractivity contribution in [3.8, 4) is 10.6 Å². The first-order valence-corrected chi connectivity index (χ1v) is 11.7. The molecular formula is C20H18ClN3O3S2. The average Bonchev–Trinajstić information content (AvgIpc) is 3.25. The van der Waals surface area contributed by atoms with Gasteiger partial charge in [-0.2, -0.15) is 4.31 Å². The maximum absolute atomic E-state index is 12.8. The number of carbonyl (C=O) groups is 1. The quantitative estimate of drug-likeness (QED) is 0.612. The van der Waals surface area contributed by atoms with Gasteiger partial charge < -0.3 is 4.90 Å². The molecule has 0 saturated carbocycles. The molecule has 1 amide bonds. The molecule has 0 N–H and O–H groups in total. The number of aromatic nitrogens is 1. The second-order valence-electron chi connectivity index (χ2n) is 6.55. The van der Waals surface area contributed by atoms with Gasteiger partial charge in [-0.1, -0.05) is 41.9 Å². The van der Waals surface area contributed by atoms with Gasteiger partial charge in [0, 0.05) is 42.1 Å². The van der Waals surface area contributed by atoms with E-state index in [9.17, 15) is 13.2 Å². The SMILES string of the molecule is O=C(c1csc(-c2ccc(Cl)cc2)n1)N1CCN(S(=O)(=O)c2ccccc2)CC1. The zero-order chi connectivity index (χ0) is 20.4. The van der Waals surface area contributed by atoms with Crippen LogP contribution >= 0.6 is 22.9 Å². The first kappa shape index (κ1) is 20.0. The van der Waals surface area contributed by atoms with Gasteiger partial charge in [-0.05, 0) is 24.3 Å². The van der Waals surface area contributed by atoms with Gasteiger partial charge in [0.15, 0.2) is 0 Å². The molecule has 1 saturated heterocycles. The smallest absolute Gasteiger partial charge is 0.273 e. The molecule has 1 aliphatic heterocycles.